The van der Waals surface area contributed by atoms with Gasteiger partial charge < -0.3 is 9.84 Å². The van der Waals surface area contributed by atoms with Crippen LogP contribution in [0.5, 0.6) is 5.75 Å². The molecule has 1 aromatic heterocycles. The minimum Gasteiger partial charge on any atom is -0.482 e. The number of aliphatic carboxylic acids is 1. The second kappa shape index (κ2) is 9.61. The summed E-state index contributed by atoms with van der Waals surface area (Å²) in [7, 11) is 0. The third-order valence-corrected chi connectivity index (χ3v) is 7.44. The van der Waals surface area contributed by atoms with Crippen molar-refractivity contribution in [3.8, 4) is 16.2 Å². The van der Waals surface area contributed by atoms with E-state index in [1.165, 1.54) is 28.1 Å². The lowest BCUT2D eigenvalue weighted by molar-refractivity contribution is -0.139. The summed E-state index contributed by atoms with van der Waals surface area (Å²) in [5.41, 5.74) is 3.44. The maximum atomic E-state index is 13.5. The third-order valence-electron chi connectivity index (χ3n) is 6.14. The number of benzene rings is 2. The van der Waals surface area contributed by atoms with E-state index in [0.717, 1.165) is 43.3 Å². The van der Waals surface area contributed by atoms with Crippen LogP contribution in [0, 0.1) is 0 Å². The SMILES string of the molecule is CC(c1ccc(-c2ccc(C(C)(F)F)cc2)s1)N1CCc2ccc(OCC(=O)O)cc2CC1. The molecule has 0 bridgehead atoms. The van der Waals surface area contributed by atoms with E-state index in [1.807, 2.05) is 18.2 Å². The molecule has 1 aliphatic rings. The number of fused-ring (bicyclic) bond motifs is 1. The van der Waals surface area contributed by atoms with Crippen LogP contribution in [0.2, 0.25) is 0 Å². The number of thiophene rings is 1. The van der Waals surface area contributed by atoms with Crippen LogP contribution >= 0.6 is 11.3 Å². The van der Waals surface area contributed by atoms with Gasteiger partial charge in [-0.3, -0.25) is 4.90 Å². The molecule has 0 spiro atoms. The second-order valence-electron chi connectivity index (χ2n) is 8.49. The molecule has 0 fully saturated rings. The summed E-state index contributed by atoms with van der Waals surface area (Å²) in [6.45, 7) is 4.59. The highest BCUT2D eigenvalue weighted by Gasteiger charge is 2.24. The zero-order valence-corrected chi connectivity index (χ0v) is 19.5. The van der Waals surface area contributed by atoms with Crippen molar-refractivity contribution in [3.63, 3.8) is 0 Å². The first-order valence-corrected chi connectivity index (χ1v) is 11.8. The molecule has 0 amide bonds. The molecule has 1 unspecified atom stereocenters. The smallest absolute Gasteiger partial charge is 0.341 e. The van der Waals surface area contributed by atoms with Gasteiger partial charge in [0.25, 0.3) is 5.92 Å². The van der Waals surface area contributed by atoms with Crippen LogP contribution in [0.4, 0.5) is 8.78 Å². The van der Waals surface area contributed by atoms with Gasteiger partial charge in [0.2, 0.25) is 0 Å². The van der Waals surface area contributed by atoms with Gasteiger partial charge in [0.15, 0.2) is 6.61 Å². The Morgan fingerprint density at radius 1 is 1.09 bits per heavy atom. The highest BCUT2D eigenvalue weighted by Crippen LogP contribution is 2.36. The molecule has 0 radical (unpaired) electrons. The highest BCUT2D eigenvalue weighted by atomic mass is 32.1. The van der Waals surface area contributed by atoms with Gasteiger partial charge in [-0.25, -0.2) is 13.6 Å². The first kappa shape index (κ1) is 23.4. The Kier molecular flexibility index (Phi) is 6.81. The normalized spacial score (nSPS) is 15.5. The molecule has 7 heteroatoms. The number of carboxylic acids is 1. The third kappa shape index (κ3) is 5.60. The quantitative estimate of drug-likeness (QED) is 0.449. The van der Waals surface area contributed by atoms with Crippen LogP contribution in [0.3, 0.4) is 0 Å². The number of ether oxygens (including phenoxy) is 1. The molecular formula is C26H27F2NO3S. The molecule has 3 aromatic rings. The molecule has 0 saturated heterocycles. The highest BCUT2D eigenvalue weighted by molar-refractivity contribution is 7.15. The van der Waals surface area contributed by atoms with Crippen molar-refractivity contribution in [2.24, 2.45) is 0 Å². The minimum atomic E-state index is -2.83. The number of nitrogens with zero attached hydrogens (tertiary/aromatic N) is 1. The van der Waals surface area contributed by atoms with Crippen molar-refractivity contribution in [1.29, 1.82) is 0 Å². The molecule has 33 heavy (non-hydrogen) atoms. The molecule has 4 rings (SSSR count). The van der Waals surface area contributed by atoms with Gasteiger partial charge in [-0.15, -0.1) is 11.3 Å². The van der Waals surface area contributed by atoms with Crippen LogP contribution in [-0.4, -0.2) is 35.7 Å². The fraction of sp³-hybridized carbons (Fsp3) is 0.346. The molecule has 1 N–H and O–H groups in total. The summed E-state index contributed by atoms with van der Waals surface area (Å²) in [5.74, 6) is -3.23. The molecular weight excluding hydrogens is 444 g/mol. The number of alkyl halides is 2. The second-order valence-corrected chi connectivity index (χ2v) is 9.61. The van der Waals surface area contributed by atoms with Crippen LogP contribution in [0.15, 0.2) is 54.6 Å². The van der Waals surface area contributed by atoms with E-state index in [-0.39, 0.29) is 18.2 Å². The lowest BCUT2D eigenvalue weighted by Gasteiger charge is -2.26. The zero-order valence-electron chi connectivity index (χ0n) is 18.7. The largest absolute Gasteiger partial charge is 0.482 e. The van der Waals surface area contributed by atoms with E-state index < -0.39 is 11.9 Å². The summed E-state index contributed by atoms with van der Waals surface area (Å²) in [6, 6.07) is 16.8. The number of carboxylic acid groups (broad SMARTS) is 1. The average Bonchev–Trinajstić information content (AvgIpc) is 3.18. The van der Waals surface area contributed by atoms with Crippen LogP contribution < -0.4 is 4.74 Å². The summed E-state index contributed by atoms with van der Waals surface area (Å²) < 4.78 is 32.3. The van der Waals surface area contributed by atoms with Gasteiger partial charge in [-0.05, 0) is 60.7 Å². The zero-order chi connectivity index (χ0) is 23.6. The number of hydrogen-bond donors (Lipinski definition) is 1. The Balaban J connectivity index is 1.43. The van der Waals surface area contributed by atoms with Crippen LogP contribution in [0.1, 0.15) is 41.5 Å². The lowest BCUT2D eigenvalue weighted by atomic mass is 10.0. The summed E-state index contributed by atoms with van der Waals surface area (Å²) in [4.78, 5) is 15.5. The Bertz CT molecular complexity index is 1120. The predicted octanol–water partition coefficient (Wildman–Crippen LogP) is 6.15. The maximum Gasteiger partial charge on any atom is 0.341 e. The van der Waals surface area contributed by atoms with E-state index >= 15 is 0 Å². The van der Waals surface area contributed by atoms with Crippen LogP contribution in [0.25, 0.3) is 10.4 Å². The van der Waals surface area contributed by atoms with E-state index in [4.69, 9.17) is 9.84 Å². The van der Waals surface area contributed by atoms with E-state index in [1.54, 1.807) is 23.5 Å². The number of carbonyl (C=O) groups is 1. The van der Waals surface area contributed by atoms with Crippen LogP contribution in [-0.2, 0) is 23.6 Å². The number of hydrogen-bond acceptors (Lipinski definition) is 4. The Hall–Kier alpha value is -2.77. The number of rotatable bonds is 7. The molecule has 0 aliphatic carbocycles. The summed E-state index contributed by atoms with van der Waals surface area (Å²) >= 11 is 1.70. The van der Waals surface area contributed by atoms with Gasteiger partial charge in [-0.2, -0.15) is 0 Å². The summed E-state index contributed by atoms with van der Waals surface area (Å²) in [6.07, 6.45) is 1.79. The monoisotopic (exact) mass is 471 g/mol. The van der Waals surface area contributed by atoms with Crippen molar-refractivity contribution in [2.75, 3.05) is 19.7 Å². The molecule has 4 nitrogen and oxygen atoms in total. The van der Waals surface area contributed by atoms with Gasteiger partial charge in [0, 0.05) is 41.4 Å². The molecule has 2 heterocycles. The van der Waals surface area contributed by atoms with Gasteiger partial charge in [-0.1, -0.05) is 30.3 Å². The van der Waals surface area contributed by atoms with Gasteiger partial charge >= 0.3 is 5.97 Å². The lowest BCUT2D eigenvalue weighted by Crippen LogP contribution is -2.29. The van der Waals surface area contributed by atoms with Gasteiger partial charge in [0.1, 0.15) is 5.75 Å². The fourth-order valence-electron chi connectivity index (χ4n) is 4.18. The topological polar surface area (TPSA) is 49.8 Å². The fourth-order valence-corrected chi connectivity index (χ4v) is 5.28. The van der Waals surface area contributed by atoms with E-state index in [9.17, 15) is 13.6 Å². The van der Waals surface area contributed by atoms with E-state index in [0.29, 0.717) is 5.75 Å². The molecule has 174 valence electrons. The Morgan fingerprint density at radius 2 is 1.79 bits per heavy atom. The molecule has 0 saturated carbocycles. The van der Waals surface area contributed by atoms with E-state index in [2.05, 4.69) is 24.0 Å². The Morgan fingerprint density at radius 3 is 2.45 bits per heavy atom. The first-order chi connectivity index (χ1) is 15.7. The summed E-state index contributed by atoms with van der Waals surface area (Å²) in [5, 5.41) is 8.82. The molecule has 2 aromatic carbocycles. The van der Waals surface area contributed by atoms with Gasteiger partial charge in [0.05, 0.1) is 0 Å². The average molecular weight is 472 g/mol. The van der Waals surface area contributed by atoms with Crippen molar-refractivity contribution in [2.45, 2.75) is 38.7 Å². The van der Waals surface area contributed by atoms with Crippen molar-refractivity contribution in [3.05, 3.63) is 76.2 Å². The Labute approximate surface area is 196 Å². The molecule has 1 aliphatic heterocycles. The van der Waals surface area contributed by atoms with Crippen molar-refractivity contribution < 1.29 is 23.4 Å². The predicted molar refractivity (Wildman–Crippen MR) is 126 cm³/mol. The maximum absolute atomic E-state index is 13.5. The minimum absolute atomic E-state index is 0.0250. The first-order valence-electron chi connectivity index (χ1n) is 11.0. The molecule has 1 atom stereocenters. The number of halogens is 2. The van der Waals surface area contributed by atoms with Crippen molar-refractivity contribution in [1.82, 2.24) is 4.90 Å². The van der Waals surface area contributed by atoms with Crippen molar-refractivity contribution >= 4 is 17.3 Å². The standard InChI is InChI=1S/C26H27F2NO3S/c1-17(23-9-10-24(33-23)19-3-6-21(7-4-19)26(2,27)28)29-13-11-18-5-8-22(32-16-25(30)31)15-20(18)12-14-29/h3-10,15,17H,11-14,16H2,1-2H3,(H,30,31).